The molecule has 4 aromatic rings. The SMILES string of the molecule is CN(C(=O)C1=C[C@H]2OC(c3ccccc3)(c3ccccc3)O[C@H]2[C@H](OC(=O)c2cccc(I)c2)C1)[C@H](Cc1ccccc1)C(=O)NCCO. The minimum absolute atomic E-state index is 0.0410. The van der Waals surface area contributed by atoms with Crippen molar-refractivity contribution in [1.82, 2.24) is 10.2 Å². The first-order valence-electron chi connectivity index (χ1n) is 16.1. The highest BCUT2D eigenvalue weighted by atomic mass is 127. The summed E-state index contributed by atoms with van der Waals surface area (Å²) in [5, 5.41) is 12.1. The van der Waals surface area contributed by atoms with E-state index in [2.05, 4.69) is 27.9 Å². The summed E-state index contributed by atoms with van der Waals surface area (Å²) in [6.07, 6.45) is -0.377. The maximum Gasteiger partial charge on any atom is 0.338 e. The third kappa shape index (κ3) is 7.62. The number of esters is 1. The van der Waals surface area contributed by atoms with Crippen LogP contribution in [0.2, 0.25) is 0 Å². The van der Waals surface area contributed by atoms with Gasteiger partial charge in [0, 0.05) is 46.7 Å². The molecule has 0 unspecified atom stereocenters. The monoisotopic (exact) mass is 772 g/mol. The van der Waals surface area contributed by atoms with Crippen LogP contribution in [0.15, 0.2) is 127 Å². The van der Waals surface area contributed by atoms with Crippen LogP contribution in [0.5, 0.6) is 0 Å². The van der Waals surface area contributed by atoms with Gasteiger partial charge in [-0.3, -0.25) is 9.59 Å². The Kier molecular flexibility index (Phi) is 10.9. The summed E-state index contributed by atoms with van der Waals surface area (Å²) in [5.74, 6) is -2.69. The standard InChI is InChI=1S/C39H37IN2O7/c1-42(32(36(44)41-20-21-43)22-26-12-5-2-6-13-26)37(45)28-24-33(47-38(46)27-14-11-19-31(40)23-27)35-34(25-28)48-39(49-35,29-15-7-3-8-16-29)30-17-9-4-10-18-30/h2-19,23,25,32-35,43H,20-22,24H2,1H3,(H,41,44)/t32-,33-,34-,35+/m1/s1. The molecular weight excluding hydrogens is 735 g/mol. The van der Waals surface area contributed by atoms with Gasteiger partial charge >= 0.3 is 5.97 Å². The van der Waals surface area contributed by atoms with Crippen LogP contribution in [0.25, 0.3) is 0 Å². The normalized spacial score (nSPS) is 20.0. The summed E-state index contributed by atoms with van der Waals surface area (Å²) < 4.78 is 20.7. The Morgan fingerprint density at radius 1 is 0.918 bits per heavy atom. The predicted molar refractivity (Wildman–Crippen MR) is 191 cm³/mol. The molecule has 10 heteroatoms. The number of nitrogens with zero attached hydrogens (tertiary/aromatic N) is 1. The molecule has 1 aliphatic carbocycles. The van der Waals surface area contributed by atoms with E-state index in [1.54, 1.807) is 31.3 Å². The number of halogens is 1. The van der Waals surface area contributed by atoms with Gasteiger partial charge in [0.15, 0.2) is 0 Å². The van der Waals surface area contributed by atoms with Crippen molar-refractivity contribution < 1.29 is 33.7 Å². The van der Waals surface area contributed by atoms with Crippen LogP contribution in [0.3, 0.4) is 0 Å². The Bertz CT molecular complexity index is 1760. The minimum Gasteiger partial charge on any atom is -0.456 e. The smallest absolute Gasteiger partial charge is 0.338 e. The Labute approximate surface area is 299 Å². The topological polar surface area (TPSA) is 114 Å². The number of ether oxygens (including phenoxy) is 3. The summed E-state index contributed by atoms with van der Waals surface area (Å²) in [7, 11) is 1.58. The molecule has 2 amide bonds. The fourth-order valence-electron chi connectivity index (χ4n) is 6.31. The second-order valence-corrected chi connectivity index (χ2v) is 13.2. The third-order valence-electron chi connectivity index (χ3n) is 8.76. The summed E-state index contributed by atoms with van der Waals surface area (Å²) in [5.41, 5.74) is 3.08. The summed E-state index contributed by atoms with van der Waals surface area (Å²) in [4.78, 5) is 42.7. The minimum atomic E-state index is -1.34. The Morgan fingerprint density at radius 3 is 2.16 bits per heavy atom. The number of aliphatic hydroxyl groups is 1. The van der Waals surface area contributed by atoms with Gasteiger partial charge < -0.3 is 29.5 Å². The molecule has 6 rings (SSSR count). The second-order valence-electron chi connectivity index (χ2n) is 12.0. The Morgan fingerprint density at radius 2 is 1.55 bits per heavy atom. The van der Waals surface area contributed by atoms with Gasteiger partial charge in [-0.15, -0.1) is 0 Å². The largest absolute Gasteiger partial charge is 0.456 e. The first-order chi connectivity index (χ1) is 23.8. The van der Waals surface area contributed by atoms with E-state index in [1.165, 1.54) is 4.90 Å². The molecule has 2 N–H and O–H groups in total. The van der Waals surface area contributed by atoms with Gasteiger partial charge in [0.1, 0.15) is 24.4 Å². The lowest BCUT2D eigenvalue weighted by atomic mass is 9.90. The molecule has 1 saturated heterocycles. The number of hydrogen-bond donors (Lipinski definition) is 2. The van der Waals surface area contributed by atoms with E-state index in [4.69, 9.17) is 14.2 Å². The summed E-state index contributed by atoms with van der Waals surface area (Å²) >= 11 is 2.14. The van der Waals surface area contributed by atoms with E-state index < -0.39 is 47.9 Å². The lowest BCUT2D eigenvalue weighted by Crippen LogP contribution is -2.51. The highest BCUT2D eigenvalue weighted by Crippen LogP contribution is 2.47. The number of amides is 2. The van der Waals surface area contributed by atoms with Crippen LogP contribution in [0.1, 0.15) is 33.5 Å². The Balaban J connectivity index is 1.37. The lowest BCUT2D eigenvalue weighted by Gasteiger charge is -2.33. The first kappa shape index (κ1) is 34.5. The van der Waals surface area contributed by atoms with Crippen LogP contribution < -0.4 is 5.32 Å². The molecule has 9 nitrogen and oxygen atoms in total. The molecular formula is C39H37IN2O7. The number of benzene rings is 4. The molecule has 0 bridgehead atoms. The van der Waals surface area contributed by atoms with E-state index in [9.17, 15) is 19.5 Å². The number of likely N-dealkylation sites (N-methyl/N-ethyl adjacent to an activating group) is 1. The molecule has 0 aromatic heterocycles. The van der Waals surface area contributed by atoms with Gasteiger partial charge in [0.05, 0.1) is 12.2 Å². The molecule has 1 fully saturated rings. The zero-order valence-electron chi connectivity index (χ0n) is 26.9. The summed E-state index contributed by atoms with van der Waals surface area (Å²) in [6, 6.07) is 34.7. The van der Waals surface area contributed by atoms with Crippen molar-refractivity contribution in [3.8, 4) is 0 Å². The van der Waals surface area contributed by atoms with Crippen molar-refractivity contribution in [2.45, 2.75) is 43.0 Å². The van der Waals surface area contributed by atoms with Crippen molar-refractivity contribution in [3.05, 3.63) is 153 Å². The van der Waals surface area contributed by atoms with Crippen molar-refractivity contribution in [2.24, 2.45) is 0 Å². The number of hydrogen-bond acceptors (Lipinski definition) is 7. The fraction of sp³-hybridized carbons (Fsp3) is 0.256. The number of nitrogens with one attached hydrogen (secondary N) is 1. The van der Waals surface area contributed by atoms with Crippen molar-refractivity contribution in [3.63, 3.8) is 0 Å². The second kappa shape index (κ2) is 15.5. The van der Waals surface area contributed by atoms with Crippen molar-refractivity contribution >= 4 is 40.4 Å². The number of aliphatic hydroxyl groups excluding tert-OH is 1. The lowest BCUT2D eigenvalue weighted by molar-refractivity contribution is -0.157. The molecule has 0 saturated carbocycles. The van der Waals surface area contributed by atoms with Crippen LogP contribution in [0.4, 0.5) is 0 Å². The molecule has 1 heterocycles. The number of carbonyl (C=O) groups excluding carboxylic acids is 3. The average Bonchev–Trinajstić information content (AvgIpc) is 3.55. The predicted octanol–water partition coefficient (Wildman–Crippen LogP) is 5.01. The number of carbonyl (C=O) groups is 3. The number of rotatable bonds is 11. The van der Waals surface area contributed by atoms with Gasteiger partial charge in [-0.25, -0.2) is 4.79 Å². The van der Waals surface area contributed by atoms with Crippen LogP contribution >= 0.6 is 22.6 Å². The highest BCUT2D eigenvalue weighted by molar-refractivity contribution is 14.1. The van der Waals surface area contributed by atoms with Crippen molar-refractivity contribution in [1.29, 1.82) is 0 Å². The van der Waals surface area contributed by atoms with Crippen LogP contribution in [0, 0.1) is 3.57 Å². The molecule has 2 aliphatic rings. The molecule has 4 aromatic carbocycles. The fourth-order valence-corrected chi connectivity index (χ4v) is 6.85. The van der Waals surface area contributed by atoms with Gasteiger partial charge in [-0.2, -0.15) is 0 Å². The van der Waals surface area contributed by atoms with Gasteiger partial charge in [0.2, 0.25) is 17.6 Å². The van der Waals surface area contributed by atoms with E-state index in [-0.39, 0.29) is 26.0 Å². The first-order valence-corrected chi connectivity index (χ1v) is 17.2. The summed E-state index contributed by atoms with van der Waals surface area (Å²) in [6.45, 7) is -0.174. The maximum absolute atomic E-state index is 14.3. The molecule has 4 atom stereocenters. The van der Waals surface area contributed by atoms with E-state index in [1.807, 2.05) is 97.1 Å². The van der Waals surface area contributed by atoms with Crippen LogP contribution in [-0.2, 0) is 36.0 Å². The zero-order valence-corrected chi connectivity index (χ0v) is 29.1. The average molecular weight is 773 g/mol. The quantitative estimate of drug-likeness (QED) is 0.163. The zero-order chi connectivity index (χ0) is 34.4. The van der Waals surface area contributed by atoms with E-state index in [0.29, 0.717) is 11.1 Å². The van der Waals surface area contributed by atoms with Crippen LogP contribution in [-0.4, -0.2) is 72.3 Å². The molecule has 252 valence electrons. The highest BCUT2D eigenvalue weighted by Gasteiger charge is 2.55. The van der Waals surface area contributed by atoms with E-state index >= 15 is 0 Å². The van der Waals surface area contributed by atoms with Gasteiger partial charge in [-0.1, -0.05) is 97.1 Å². The molecule has 0 radical (unpaired) electrons. The third-order valence-corrected chi connectivity index (χ3v) is 9.43. The van der Waals surface area contributed by atoms with E-state index in [0.717, 1.165) is 20.3 Å². The van der Waals surface area contributed by atoms with Gasteiger partial charge in [0.25, 0.3) is 0 Å². The molecule has 1 aliphatic heterocycles. The van der Waals surface area contributed by atoms with Gasteiger partial charge in [-0.05, 0) is 52.4 Å². The molecule has 0 spiro atoms. The van der Waals surface area contributed by atoms with Crippen molar-refractivity contribution in [2.75, 3.05) is 20.2 Å². The maximum atomic E-state index is 14.3. The number of fused-ring (bicyclic) bond motifs is 1. The Hall–Kier alpha value is -4.36. The molecule has 49 heavy (non-hydrogen) atoms.